The predicted molar refractivity (Wildman–Crippen MR) is 107 cm³/mol. The van der Waals surface area contributed by atoms with E-state index in [9.17, 15) is 9.59 Å². The highest BCUT2D eigenvalue weighted by atomic mass is 79.9. The fourth-order valence-electron chi connectivity index (χ4n) is 3.18. The molecule has 0 N–H and O–H groups in total. The third-order valence-electron chi connectivity index (χ3n) is 4.66. The number of hydrogen-bond donors (Lipinski definition) is 0. The fourth-order valence-corrected chi connectivity index (χ4v) is 3.58. The smallest absolute Gasteiger partial charge is 0.254 e. The van der Waals surface area contributed by atoms with Crippen LogP contribution in [0.15, 0.2) is 46.9 Å². The number of ether oxygens (including phenoxy) is 2. The third kappa shape index (κ3) is 3.78. The van der Waals surface area contributed by atoms with E-state index in [0.717, 1.165) is 4.47 Å². The van der Waals surface area contributed by atoms with Gasteiger partial charge in [0, 0.05) is 29.2 Å². The van der Waals surface area contributed by atoms with Crippen molar-refractivity contribution in [1.29, 1.82) is 0 Å². The SMILES string of the molecule is COc1ccc(OC)c(N2CCN(C(=O)c3cccc(Br)c3)C(C)C2=O)c1. The van der Waals surface area contributed by atoms with Gasteiger partial charge in [-0.2, -0.15) is 0 Å². The summed E-state index contributed by atoms with van der Waals surface area (Å²) in [5, 5.41) is 0. The molecule has 3 rings (SSSR count). The van der Waals surface area contributed by atoms with Crippen LogP contribution in [-0.2, 0) is 4.79 Å². The molecule has 1 fully saturated rings. The monoisotopic (exact) mass is 432 g/mol. The van der Waals surface area contributed by atoms with Crippen molar-refractivity contribution in [3.63, 3.8) is 0 Å². The van der Waals surface area contributed by atoms with E-state index in [1.165, 1.54) is 0 Å². The fraction of sp³-hybridized carbons (Fsp3) is 0.300. The second-order valence-electron chi connectivity index (χ2n) is 6.21. The summed E-state index contributed by atoms with van der Waals surface area (Å²) >= 11 is 3.38. The van der Waals surface area contributed by atoms with E-state index in [1.54, 1.807) is 67.3 Å². The van der Waals surface area contributed by atoms with Gasteiger partial charge in [0.1, 0.15) is 17.5 Å². The van der Waals surface area contributed by atoms with Gasteiger partial charge in [-0.3, -0.25) is 9.59 Å². The standard InChI is InChI=1S/C20H21BrN2O4/c1-13-19(24)23(17-12-16(26-2)7-8-18(17)27-3)10-9-22(13)20(25)14-5-4-6-15(21)11-14/h4-8,11-13H,9-10H2,1-3H3. The molecule has 1 atom stereocenters. The van der Waals surface area contributed by atoms with Crippen molar-refractivity contribution in [3.8, 4) is 11.5 Å². The molecule has 7 heteroatoms. The first kappa shape index (κ1) is 19.2. The third-order valence-corrected chi connectivity index (χ3v) is 5.16. The number of halogens is 1. The lowest BCUT2D eigenvalue weighted by molar-refractivity contribution is -0.124. The van der Waals surface area contributed by atoms with Crippen molar-refractivity contribution in [3.05, 3.63) is 52.5 Å². The first-order chi connectivity index (χ1) is 13.0. The highest BCUT2D eigenvalue weighted by Crippen LogP contribution is 2.34. The minimum absolute atomic E-state index is 0.156. The molecule has 0 aliphatic carbocycles. The zero-order chi connectivity index (χ0) is 19.6. The molecule has 27 heavy (non-hydrogen) atoms. The molecule has 1 saturated heterocycles. The Kier molecular flexibility index (Phi) is 5.70. The Bertz CT molecular complexity index is 871. The molecule has 0 saturated carbocycles. The quantitative estimate of drug-likeness (QED) is 0.742. The Labute approximate surface area is 166 Å². The average molecular weight is 433 g/mol. The molecule has 2 amide bonds. The van der Waals surface area contributed by atoms with Crippen LogP contribution in [0.25, 0.3) is 0 Å². The second-order valence-corrected chi connectivity index (χ2v) is 7.13. The number of amides is 2. The van der Waals surface area contributed by atoms with Crippen molar-refractivity contribution in [2.45, 2.75) is 13.0 Å². The van der Waals surface area contributed by atoms with Gasteiger partial charge in [0.25, 0.3) is 5.91 Å². The number of benzene rings is 2. The van der Waals surface area contributed by atoms with Gasteiger partial charge in [-0.1, -0.05) is 22.0 Å². The summed E-state index contributed by atoms with van der Waals surface area (Å²) in [5.74, 6) is 0.910. The number of carbonyl (C=O) groups is 2. The maximum atomic E-state index is 13.0. The lowest BCUT2D eigenvalue weighted by Crippen LogP contribution is -2.57. The summed E-state index contributed by atoms with van der Waals surface area (Å²) in [4.78, 5) is 29.2. The van der Waals surface area contributed by atoms with Gasteiger partial charge in [-0.15, -0.1) is 0 Å². The number of hydrogen-bond acceptors (Lipinski definition) is 4. The van der Waals surface area contributed by atoms with Crippen molar-refractivity contribution in [1.82, 2.24) is 4.90 Å². The Morgan fingerprint density at radius 1 is 1.11 bits per heavy atom. The summed E-state index contributed by atoms with van der Waals surface area (Å²) in [7, 11) is 3.14. The number of methoxy groups -OCH3 is 2. The summed E-state index contributed by atoms with van der Waals surface area (Å²) < 4.78 is 11.5. The summed E-state index contributed by atoms with van der Waals surface area (Å²) in [5.41, 5.74) is 1.19. The zero-order valence-corrected chi connectivity index (χ0v) is 17.0. The van der Waals surface area contributed by atoms with Crippen molar-refractivity contribution in [2.24, 2.45) is 0 Å². The van der Waals surface area contributed by atoms with Gasteiger partial charge in [-0.25, -0.2) is 0 Å². The van der Waals surface area contributed by atoms with E-state index in [1.807, 2.05) is 6.07 Å². The van der Waals surface area contributed by atoms with Crippen LogP contribution in [0.4, 0.5) is 5.69 Å². The van der Waals surface area contributed by atoms with Gasteiger partial charge in [0.2, 0.25) is 5.91 Å². The van der Waals surface area contributed by atoms with E-state index in [0.29, 0.717) is 35.8 Å². The number of rotatable bonds is 4. The zero-order valence-electron chi connectivity index (χ0n) is 15.4. The number of piperazine rings is 1. The highest BCUT2D eigenvalue weighted by Gasteiger charge is 2.36. The van der Waals surface area contributed by atoms with Crippen LogP contribution in [0.5, 0.6) is 11.5 Å². The number of nitrogens with zero attached hydrogens (tertiary/aromatic N) is 2. The molecule has 6 nitrogen and oxygen atoms in total. The maximum absolute atomic E-state index is 13.0. The largest absolute Gasteiger partial charge is 0.497 e. The molecule has 1 aliphatic rings. The van der Waals surface area contributed by atoms with Crippen LogP contribution in [0.1, 0.15) is 17.3 Å². The molecule has 0 aromatic heterocycles. The summed E-state index contributed by atoms with van der Waals surface area (Å²) in [6.45, 7) is 2.56. The van der Waals surface area contributed by atoms with Gasteiger partial charge >= 0.3 is 0 Å². The van der Waals surface area contributed by atoms with Gasteiger partial charge in [0.15, 0.2) is 0 Å². The minimum atomic E-state index is -0.582. The minimum Gasteiger partial charge on any atom is -0.497 e. The van der Waals surface area contributed by atoms with E-state index in [2.05, 4.69) is 15.9 Å². The van der Waals surface area contributed by atoms with Crippen LogP contribution in [0.3, 0.4) is 0 Å². The lowest BCUT2D eigenvalue weighted by Gasteiger charge is -2.39. The highest BCUT2D eigenvalue weighted by molar-refractivity contribution is 9.10. The molecule has 2 aromatic carbocycles. The van der Waals surface area contributed by atoms with Crippen LogP contribution in [0, 0.1) is 0 Å². The molecular weight excluding hydrogens is 412 g/mol. The molecule has 1 aliphatic heterocycles. The van der Waals surface area contributed by atoms with E-state index in [-0.39, 0.29) is 11.8 Å². The van der Waals surface area contributed by atoms with E-state index in [4.69, 9.17) is 9.47 Å². The molecule has 1 heterocycles. The van der Waals surface area contributed by atoms with Crippen LogP contribution < -0.4 is 14.4 Å². The molecule has 0 spiro atoms. The number of carbonyl (C=O) groups excluding carboxylic acids is 2. The van der Waals surface area contributed by atoms with Crippen LogP contribution >= 0.6 is 15.9 Å². The Morgan fingerprint density at radius 2 is 1.89 bits per heavy atom. The van der Waals surface area contributed by atoms with E-state index >= 15 is 0 Å². The lowest BCUT2D eigenvalue weighted by atomic mass is 10.1. The topological polar surface area (TPSA) is 59.1 Å². The first-order valence-corrected chi connectivity index (χ1v) is 9.35. The van der Waals surface area contributed by atoms with Gasteiger partial charge in [0.05, 0.1) is 19.9 Å². The molecule has 142 valence electrons. The number of anilines is 1. The molecule has 2 aromatic rings. The Hall–Kier alpha value is -2.54. The Balaban J connectivity index is 1.86. The maximum Gasteiger partial charge on any atom is 0.254 e. The molecular formula is C20H21BrN2O4. The van der Waals surface area contributed by atoms with E-state index < -0.39 is 6.04 Å². The average Bonchev–Trinajstić information content (AvgIpc) is 2.69. The first-order valence-electron chi connectivity index (χ1n) is 8.56. The van der Waals surface area contributed by atoms with Crippen LogP contribution in [0.2, 0.25) is 0 Å². The second kappa shape index (κ2) is 8.00. The van der Waals surface area contributed by atoms with Crippen molar-refractivity contribution in [2.75, 3.05) is 32.2 Å². The molecule has 0 radical (unpaired) electrons. The Morgan fingerprint density at radius 3 is 2.56 bits per heavy atom. The van der Waals surface area contributed by atoms with Crippen molar-refractivity contribution < 1.29 is 19.1 Å². The van der Waals surface area contributed by atoms with Gasteiger partial charge in [-0.05, 0) is 37.3 Å². The van der Waals surface area contributed by atoms with Crippen LogP contribution in [-0.4, -0.2) is 50.1 Å². The van der Waals surface area contributed by atoms with Crippen molar-refractivity contribution >= 4 is 33.4 Å². The summed E-state index contributed by atoms with van der Waals surface area (Å²) in [6.07, 6.45) is 0. The molecule has 0 bridgehead atoms. The molecule has 1 unspecified atom stereocenters. The normalized spacial score (nSPS) is 17.0. The van der Waals surface area contributed by atoms with Gasteiger partial charge < -0.3 is 19.3 Å². The summed E-state index contributed by atoms with van der Waals surface area (Å²) in [6, 6.07) is 11.9. The predicted octanol–water partition coefficient (Wildman–Crippen LogP) is 3.34.